The van der Waals surface area contributed by atoms with Gasteiger partial charge in [-0.1, -0.05) is 35.3 Å². The van der Waals surface area contributed by atoms with Crippen LogP contribution < -0.4 is 14.8 Å². The maximum absolute atomic E-state index is 12.5. The first-order valence-corrected chi connectivity index (χ1v) is 9.72. The highest BCUT2D eigenvalue weighted by Gasteiger charge is 2.30. The molecule has 0 unspecified atom stereocenters. The first kappa shape index (κ1) is 21.6. The average molecular weight is 445 g/mol. The molecule has 1 aliphatic rings. The van der Waals surface area contributed by atoms with E-state index >= 15 is 0 Å². The van der Waals surface area contributed by atoms with Crippen molar-refractivity contribution < 1.29 is 23.0 Å². The van der Waals surface area contributed by atoms with Gasteiger partial charge in [0.15, 0.2) is 11.5 Å². The molecule has 1 fully saturated rings. The topological polar surface area (TPSA) is 50.8 Å². The number of alkyl halides is 2. The summed E-state index contributed by atoms with van der Waals surface area (Å²) < 4.78 is 34.6. The number of halogens is 4. The third-order valence-electron chi connectivity index (χ3n) is 4.47. The summed E-state index contributed by atoms with van der Waals surface area (Å²) in [4.78, 5) is 14.5. The first-order valence-electron chi connectivity index (χ1n) is 8.97. The first-order chi connectivity index (χ1) is 13.9. The summed E-state index contributed by atoms with van der Waals surface area (Å²) in [5.41, 5.74) is 1.28. The molecule has 5 nitrogen and oxygen atoms in total. The zero-order valence-electron chi connectivity index (χ0n) is 15.6. The molecular formula is C20H20Cl2F2N2O3. The van der Waals surface area contributed by atoms with Gasteiger partial charge in [-0.3, -0.25) is 9.69 Å². The smallest absolute Gasteiger partial charge is 0.387 e. The van der Waals surface area contributed by atoms with Crippen LogP contribution in [0.15, 0.2) is 36.4 Å². The Labute approximate surface area is 177 Å². The lowest BCUT2D eigenvalue weighted by Gasteiger charge is -2.22. The molecule has 1 N–H and O–H groups in total. The van der Waals surface area contributed by atoms with E-state index in [1.165, 1.54) is 13.2 Å². The highest BCUT2D eigenvalue weighted by atomic mass is 35.5. The normalized spacial score (nSPS) is 13.6. The van der Waals surface area contributed by atoms with Gasteiger partial charge in [0.2, 0.25) is 5.91 Å². The van der Waals surface area contributed by atoms with Crippen molar-refractivity contribution in [3.63, 3.8) is 0 Å². The Hall–Kier alpha value is -2.09. The molecule has 1 saturated carbocycles. The van der Waals surface area contributed by atoms with Crippen molar-refractivity contribution in [1.29, 1.82) is 0 Å². The molecular weight excluding hydrogens is 425 g/mol. The zero-order valence-corrected chi connectivity index (χ0v) is 17.1. The van der Waals surface area contributed by atoms with Crippen LogP contribution >= 0.6 is 23.2 Å². The van der Waals surface area contributed by atoms with Crippen LogP contribution in [-0.2, 0) is 11.3 Å². The minimum atomic E-state index is -2.93. The fourth-order valence-corrected chi connectivity index (χ4v) is 3.31. The molecule has 1 amide bonds. The van der Waals surface area contributed by atoms with E-state index in [9.17, 15) is 13.6 Å². The number of amides is 1. The molecule has 1 aliphatic carbocycles. The lowest BCUT2D eigenvalue weighted by molar-refractivity contribution is -0.117. The molecule has 0 bridgehead atoms. The van der Waals surface area contributed by atoms with Gasteiger partial charge in [-0.2, -0.15) is 8.78 Å². The van der Waals surface area contributed by atoms with Gasteiger partial charge in [0.1, 0.15) is 0 Å². The van der Waals surface area contributed by atoms with Crippen molar-refractivity contribution in [3.8, 4) is 11.5 Å². The van der Waals surface area contributed by atoms with Gasteiger partial charge in [0.05, 0.1) is 29.4 Å². The van der Waals surface area contributed by atoms with Gasteiger partial charge in [-0.25, -0.2) is 0 Å². The number of rotatable bonds is 9. The van der Waals surface area contributed by atoms with Crippen molar-refractivity contribution in [2.45, 2.75) is 32.0 Å². The number of methoxy groups -OCH3 is 1. The van der Waals surface area contributed by atoms with Crippen LogP contribution in [0.4, 0.5) is 14.5 Å². The van der Waals surface area contributed by atoms with Crippen LogP contribution in [-0.4, -0.2) is 37.1 Å². The maximum Gasteiger partial charge on any atom is 0.387 e. The average Bonchev–Trinajstić information content (AvgIpc) is 3.51. The maximum atomic E-state index is 12.5. The summed E-state index contributed by atoms with van der Waals surface area (Å²) in [7, 11) is 1.39. The highest BCUT2D eigenvalue weighted by molar-refractivity contribution is 6.44. The van der Waals surface area contributed by atoms with E-state index in [2.05, 4.69) is 10.1 Å². The standard InChI is InChI=1S/C20H20Cl2F2N2O3/c1-28-17-9-12(5-8-16(17)29-20(23)24)10-26(13-6-7-13)11-18(27)25-15-4-2-3-14(21)19(15)22/h2-5,8-9,13,20H,6-7,10-11H2,1H3,(H,25,27). The molecule has 156 valence electrons. The van der Waals surface area contributed by atoms with Crippen molar-refractivity contribution >= 4 is 34.8 Å². The number of carbonyl (C=O) groups is 1. The molecule has 0 aliphatic heterocycles. The largest absolute Gasteiger partial charge is 0.493 e. The number of anilines is 1. The Morgan fingerprint density at radius 3 is 2.66 bits per heavy atom. The van der Waals surface area contributed by atoms with Gasteiger partial charge in [-0.05, 0) is 42.7 Å². The van der Waals surface area contributed by atoms with E-state index in [1.807, 2.05) is 4.90 Å². The third kappa shape index (κ3) is 5.95. The Morgan fingerprint density at radius 1 is 1.24 bits per heavy atom. The number of nitrogens with one attached hydrogen (secondary N) is 1. The molecule has 0 saturated heterocycles. The highest BCUT2D eigenvalue weighted by Crippen LogP contribution is 2.33. The Kier molecular flexibility index (Phi) is 7.16. The number of hydrogen-bond donors (Lipinski definition) is 1. The lowest BCUT2D eigenvalue weighted by Crippen LogP contribution is -2.34. The molecule has 2 aromatic carbocycles. The molecule has 2 aromatic rings. The van der Waals surface area contributed by atoms with E-state index in [-0.39, 0.29) is 24.0 Å². The van der Waals surface area contributed by atoms with Crippen LogP contribution in [0.1, 0.15) is 18.4 Å². The Balaban J connectivity index is 1.67. The molecule has 29 heavy (non-hydrogen) atoms. The van der Waals surface area contributed by atoms with E-state index in [0.717, 1.165) is 18.4 Å². The van der Waals surface area contributed by atoms with E-state index in [4.69, 9.17) is 27.9 Å². The Bertz CT molecular complexity index is 879. The van der Waals surface area contributed by atoms with Gasteiger partial charge in [0.25, 0.3) is 0 Å². The molecule has 0 heterocycles. The number of benzene rings is 2. The fraction of sp³-hybridized carbons (Fsp3) is 0.350. The van der Waals surface area contributed by atoms with Crippen LogP contribution in [0.3, 0.4) is 0 Å². The number of nitrogens with zero attached hydrogens (tertiary/aromatic N) is 1. The monoisotopic (exact) mass is 444 g/mol. The lowest BCUT2D eigenvalue weighted by atomic mass is 10.2. The number of carbonyl (C=O) groups excluding carboxylic acids is 1. The van der Waals surface area contributed by atoms with Crippen molar-refractivity contribution in [2.75, 3.05) is 19.0 Å². The zero-order chi connectivity index (χ0) is 21.0. The second kappa shape index (κ2) is 9.61. The van der Waals surface area contributed by atoms with Crippen LogP contribution in [0, 0.1) is 0 Å². The summed E-state index contributed by atoms with van der Waals surface area (Å²) in [6.07, 6.45) is 1.99. The van der Waals surface area contributed by atoms with Crippen molar-refractivity contribution in [1.82, 2.24) is 4.90 Å². The molecule has 0 radical (unpaired) electrons. The second-order valence-electron chi connectivity index (χ2n) is 6.65. The quantitative estimate of drug-likeness (QED) is 0.576. The van der Waals surface area contributed by atoms with Gasteiger partial charge >= 0.3 is 6.61 Å². The van der Waals surface area contributed by atoms with Gasteiger partial charge in [0, 0.05) is 12.6 Å². The second-order valence-corrected chi connectivity index (χ2v) is 7.43. The summed E-state index contributed by atoms with van der Waals surface area (Å²) in [6, 6.07) is 10.1. The predicted octanol–water partition coefficient (Wildman–Crippen LogP) is 5.21. The predicted molar refractivity (Wildman–Crippen MR) is 108 cm³/mol. The van der Waals surface area contributed by atoms with Crippen molar-refractivity contribution in [3.05, 3.63) is 52.0 Å². The summed E-state index contributed by atoms with van der Waals surface area (Å²) >= 11 is 12.1. The number of hydrogen-bond acceptors (Lipinski definition) is 4. The molecule has 0 atom stereocenters. The van der Waals surface area contributed by atoms with Gasteiger partial charge in [-0.15, -0.1) is 0 Å². The molecule has 9 heteroatoms. The number of ether oxygens (including phenoxy) is 2. The fourth-order valence-electron chi connectivity index (χ4n) is 2.97. The minimum Gasteiger partial charge on any atom is -0.493 e. The summed E-state index contributed by atoms with van der Waals surface area (Å²) in [6.45, 7) is -2.31. The van der Waals surface area contributed by atoms with Crippen LogP contribution in [0.2, 0.25) is 10.0 Å². The third-order valence-corrected chi connectivity index (χ3v) is 5.28. The molecule has 3 rings (SSSR count). The van der Waals surface area contributed by atoms with Gasteiger partial charge < -0.3 is 14.8 Å². The van der Waals surface area contributed by atoms with Crippen LogP contribution in [0.25, 0.3) is 0 Å². The Morgan fingerprint density at radius 2 is 2.00 bits per heavy atom. The van der Waals surface area contributed by atoms with E-state index in [0.29, 0.717) is 28.3 Å². The molecule has 0 aromatic heterocycles. The summed E-state index contributed by atoms with van der Waals surface area (Å²) in [5, 5.41) is 3.43. The molecule has 0 spiro atoms. The summed E-state index contributed by atoms with van der Waals surface area (Å²) in [5.74, 6) is -0.0306. The van der Waals surface area contributed by atoms with Crippen molar-refractivity contribution in [2.24, 2.45) is 0 Å². The van der Waals surface area contributed by atoms with Crippen LogP contribution in [0.5, 0.6) is 11.5 Å². The van der Waals surface area contributed by atoms with E-state index in [1.54, 1.807) is 30.3 Å². The SMILES string of the molecule is COc1cc(CN(CC(=O)Nc2cccc(Cl)c2Cl)C2CC2)ccc1OC(F)F. The minimum absolute atomic E-state index is 0.0300. The van der Waals surface area contributed by atoms with E-state index < -0.39 is 6.61 Å².